The first-order valence-corrected chi connectivity index (χ1v) is 5.35. The van der Waals surface area contributed by atoms with Crippen molar-refractivity contribution in [1.82, 2.24) is 5.32 Å². The average Bonchev–Trinajstić information content (AvgIpc) is 2.20. The lowest BCUT2D eigenvalue weighted by atomic mass is 10.1. The molecule has 2 atom stereocenters. The molecule has 0 aliphatic carbocycles. The van der Waals surface area contributed by atoms with E-state index in [2.05, 4.69) is 5.32 Å². The van der Waals surface area contributed by atoms with Crippen LogP contribution in [0.25, 0.3) is 0 Å². The van der Waals surface area contributed by atoms with Crippen LogP contribution >= 0.6 is 0 Å². The lowest BCUT2D eigenvalue weighted by Gasteiger charge is -2.22. The summed E-state index contributed by atoms with van der Waals surface area (Å²) in [6, 6.07) is 0. The predicted molar refractivity (Wildman–Crippen MR) is 54.3 cm³/mol. The average molecular weight is 203 g/mol. The van der Waals surface area contributed by atoms with Crippen molar-refractivity contribution in [2.75, 3.05) is 33.4 Å². The van der Waals surface area contributed by atoms with Crippen molar-refractivity contribution in [3.8, 4) is 0 Å². The zero-order valence-electron chi connectivity index (χ0n) is 8.87. The minimum Gasteiger partial charge on any atom is -0.389 e. The molecule has 2 N–H and O–H groups in total. The lowest BCUT2D eigenvalue weighted by molar-refractivity contribution is -0.0563. The molecule has 84 valence electrons. The maximum absolute atomic E-state index is 9.35. The molecule has 4 heteroatoms. The van der Waals surface area contributed by atoms with E-state index in [1.165, 1.54) is 12.8 Å². The Morgan fingerprint density at radius 2 is 2.43 bits per heavy atom. The molecule has 0 aromatic heterocycles. The van der Waals surface area contributed by atoms with Crippen LogP contribution in [0.5, 0.6) is 0 Å². The summed E-state index contributed by atoms with van der Waals surface area (Å²) in [5, 5.41) is 12.2. The molecular weight excluding hydrogens is 182 g/mol. The first-order valence-electron chi connectivity index (χ1n) is 5.35. The second-order valence-electron chi connectivity index (χ2n) is 3.74. The van der Waals surface area contributed by atoms with E-state index in [0.717, 1.165) is 13.0 Å². The van der Waals surface area contributed by atoms with Gasteiger partial charge in [-0.25, -0.2) is 0 Å². The van der Waals surface area contributed by atoms with Crippen molar-refractivity contribution in [1.29, 1.82) is 0 Å². The van der Waals surface area contributed by atoms with Crippen LogP contribution in [0.4, 0.5) is 0 Å². The fourth-order valence-electron chi connectivity index (χ4n) is 1.57. The number of aliphatic hydroxyl groups excluding tert-OH is 1. The smallest absolute Gasteiger partial charge is 0.0897 e. The molecule has 1 fully saturated rings. The van der Waals surface area contributed by atoms with Gasteiger partial charge in [-0.05, 0) is 26.3 Å². The number of aliphatic hydroxyl groups is 1. The van der Waals surface area contributed by atoms with Crippen LogP contribution in [0.15, 0.2) is 0 Å². The Morgan fingerprint density at radius 1 is 1.57 bits per heavy atom. The van der Waals surface area contributed by atoms with Crippen molar-refractivity contribution in [3.63, 3.8) is 0 Å². The number of ether oxygens (including phenoxy) is 2. The normalized spacial score (nSPS) is 24.9. The number of likely N-dealkylation sites (N-methyl/N-ethyl adjacent to an activating group) is 1. The molecule has 0 aromatic carbocycles. The molecule has 4 nitrogen and oxygen atoms in total. The maximum Gasteiger partial charge on any atom is 0.0897 e. The third-order valence-corrected chi connectivity index (χ3v) is 2.33. The highest BCUT2D eigenvalue weighted by molar-refractivity contribution is 4.63. The van der Waals surface area contributed by atoms with Gasteiger partial charge in [-0.2, -0.15) is 0 Å². The van der Waals surface area contributed by atoms with Crippen molar-refractivity contribution in [2.24, 2.45) is 0 Å². The summed E-state index contributed by atoms with van der Waals surface area (Å²) >= 11 is 0. The van der Waals surface area contributed by atoms with Gasteiger partial charge in [-0.15, -0.1) is 0 Å². The SMILES string of the molecule is CNCC(O)COCC1CCCCO1. The molecular formula is C10H21NO3. The maximum atomic E-state index is 9.35. The van der Waals surface area contributed by atoms with E-state index >= 15 is 0 Å². The lowest BCUT2D eigenvalue weighted by Crippen LogP contribution is -2.31. The second-order valence-corrected chi connectivity index (χ2v) is 3.74. The Bertz CT molecular complexity index is 137. The molecule has 1 saturated heterocycles. The largest absolute Gasteiger partial charge is 0.389 e. The monoisotopic (exact) mass is 203 g/mol. The number of nitrogens with one attached hydrogen (secondary N) is 1. The van der Waals surface area contributed by atoms with E-state index in [1.807, 2.05) is 7.05 Å². The number of rotatable bonds is 6. The first kappa shape index (κ1) is 11.9. The molecule has 0 spiro atoms. The summed E-state index contributed by atoms with van der Waals surface area (Å²) in [5.41, 5.74) is 0. The van der Waals surface area contributed by atoms with Gasteiger partial charge in [0, 0.05) is 13.2 Å². The van der Waals surface area contributed by atoms with Gasteiger partial charge in [0.15, 0.2) is 0 Å². The van der Waals surface area contributed by atoms with Crippen molar-refractivity contribution in [3.05, 3.63) is 0 Å². The van der Waals surface area contributed by atoms with E-state index in [1.54, 1.807) is 0 Å². The van der Waals surface area contributed by atoms with Crippen LogP contribution in [0, 0.1) is 0 Å². The fraction of sp³-hybridized carbons (Fsp3) is 1.00. The van der Waals surface area contributed by atoms with Gasteiger partial charge < -0.3 is 19.9 Å². The molecule has 14 heavy (non-hydrogen) atoms. The van der Waals surface area contributed by atoms with Crippen molar-refractivity contribution >= 4 is 0 Å². The molecule has 0 radical (unpaired) electrons. The Morgan fingerprint density at radius 3 is 3.07 bits per heavy atom. The Labute approximate surface area is 85.6 Å². The van der Waals surface area contributed by atoms with Gasteiger partial charge >= 0.3 is 0 Å². The van der Waals surface area contributed by atoms with Crippen LogP contribution in [0.1, 0.15) is 19.3 Å². The predicted octanol–water partition coefficient (Wildman–Crippen LogP) is 0.152. The molecule has 0 amide bonds. The molecule has 1 aliphatic heterocycles. The van der Waals surface area contributed by atoms with Crippen LogP contribution < -0.4 is 5.32 Å². The van der Waals surface area contributed by atoms with E-state index in [-0.39, 0.29) is 6.10 Å². The molecule has 1 heterocycles. The summed E-state index contributed by atoms with van der Waals surface area (Å²) < 4.78 is 10.9. The molecule has 0 bridgehead atoms. The minimum absolute atomic E-state index is 0.241. The Balaban J connectivity index is 1.96. The second kappa shape index (κ2) is 7.17. The molecule has 0 saturated carbocycles. The summed E-state index contributed by atoms with van der Waals surface area (Å²) in [7, 11) is 1.81. The van der Waals surface area contributed by atoms with Gasteiger partial charge in [0.25, 0.3) is 0 Å². The van der Waals surface area contributed by atoms with Crippen LogP contribution in [-0.4, -0.2) is 50.7 Å². The Hall–Kier alpha value is -0.160. The summed E-state index contributed by atoms with van der Waals surface area (Å²) in [4.78, 5) is 0. The third-order valence-electron chi connectivity index (χ3n) is 2.33. The quantitative estimate of drug-likeness (QED) is 0.645. The van der Waals surface area contributed by atoms with E-state index in [0.29, 0.717) is 19.8 Å². The number of hydrogen-bond donors (Lipinski definition) is 2. The molecule has 1 aliphatic rings. The number of hydrogen-bond acceptors (Lipinski definition) is 4. The highest BCUT2D eigenvalue weighted by Crippen LogP contribution is 2.12. The standard InChI is InChI=1S/C10H21NO3/c1-11-6-9(12)7-13-8-10-4-2-3-5-14-10/h9-12H,2-8H2,1H3. The van der Waals surface area contributed by atoms with Gasteiger partial charge in [0.05, 0.1) is 25.4 Å². The van der Waals surface area contributed by atoms with E-state index in [9.17, 15) is 5.11 Å². The third kappa shape index (κ3) is 4.91. The zero-order valence-corrected chi connectivity index (χ0v) is 8.87. The van der Waals surface area contributed by atoms with Gasteiger partial charge in [0.2, 0.25) is 0 Å². The summed E-state index contributed by atoms with van der Waals surface area (Å²) in [6.45, 7) is 2.43. The van der Waals surface area contributed by atoms with Crippen LogP contribution in [0.3, 0.4) is 0 Å². The minimum atomic E-state index is -0.413. The van der Waals surface area contributed by atoms with Crippen LogP contribution in [0.2, 0.25) is 0 Å². The highest BCUT2D eigenvalue weighted by Gasteiger charge is 2.14. The topological polar surface area (TPSA) is 50.7 Å². The van der Waals surface area contributed by atoms with Gasteiger partial charge in [0.1, 0.15) is 0 Å². The molecule has 2 unspecified atom stereocenters. The first-order chi connectivity index (χ1) is 6.83. The summed E-state index contributed by atoms with van der Waals surface area (Å²) in [5.74, 6) is 0. The van der Waals surface area contributed by atoms with Gasteiger partial charge in [-0.1, -0.05) is 0 Å². The van der Waals surface area contributed by atoms with Gasteiger partial charge in [-0.3, -0.25) is 0 Å². The Kier molecular flexibility index (Phi) is 6.10. The van der Waals surface area contributed by atoms with E-state index < -0.39 is 6.10 Å². The molecule has 1 rings (SSSR count). The fourth-order valence-corrected chi connectivity index (χ4v) is 1.57. The van der Waals surface area contributed by atoms with Crippen LogP contribution in [-0.2, 0) is 9.47 Å². The van der Waals surface area contributed by atoms with E-state index in [4.69, 9.17) is 9.47 Å². The molecule has 0 aromatic rings. The summed E-state index contributed by atoms with van der Waals surface area (Å²) in [6.07, 6.45) is 3.31. The highest BCUT2D eigenvalue weighted by atomic mass is 16.5. The zero-order chi connectivity index (χ0) is 10.2. The van der Waals surface area contributed by atoms with Crippen molar-refractivity contribution < 1.29 is 14.6 Å². The van der Waals surface area contributed by atoms with Crippen molar-refractivity contribution in [2.45, 2.75) is 31.5 Å².